The van der Waals surface area contributed by atoms with Crippen LogP contribution >= 0.6 is 11.6 Å². The number of hydrogen-bond acceptors (Lipinski definition) is 2. The van der Waals surface area contributed by atoms with Crippen molar-refractivity contribution in [3.05, 3.63) is 63.4 Å². The van der Waals surface area contributed by atoms with Gasteiger partial charge in [0.15, 0.2) is 11.6 Å². The molecule has 0 aliphatic carbocycles. The summed E-state index contributed by atoms with van der Waals surface area (Å²) in [6.45, 7) is 3.89. The van der Waals surface area contributed by atoms with Crippen molar-refractivity contribution in [1.82, 2.24) is 0 Å². The number of ether oxygens (including phenoxy) is 1. The molecule has 1 atom stereocenters. The topological polar surface area (TPSA) is 29.5 Å². The molecule has 2 rings (SSSR count). The molecule has 0 saturated carbocycles. The Labute approximate surface area is 122 Å². The molecule has 0 aliphatic heterocycles. The summed E-state index contributed by atoms with van der Waals surface area (Å²) < 4.78 is 18.6. The summed E-state index contributed by atoms with van der Waals surface area (Å²) in [6.07, 6.45) is -0.970. The molecule has 0 spiro atoms. The van der Waals surface area contributed by atoms with Crippen LogP contribution in [0.3, 0.4) is 0 Å². The number of halogens is 2. The molecule has 0 saturated heterocycles. The number of aryl methyl sites for hydroxylation is 2. The molecule has 20 heavy (non-hydrogen) atoms. The zero-order valence-corrected chi connectivity index (χ0v) is 12.3. The standard InChI is InChI=1S/C16H16ClFO2/c1-9-6-12(13(17)7-10(9)2)16(19)11-4-5-15(20-3)14(18)8-11/h4-8,16,19H,1-3H3. The Bertz CT molecular complexity index is 641. The lowest BCUT2D eigenvalue weighted by Gasteiger charge is -2.16. The fourth-order valence-electron chi connectivity index (χ4n) is 2.05. The van der Waals surface area contributed by atoms with Crippen LogP contribution in [0.4, 0.5) is 4.39 Å². The molecule has 2 aromatic carbocycles. The van der Waals surface area contributed by atoms with Crippen molar-refractivity contribution in [2.75, 3.05) is 7.11 Å². The van der Waals surface area contributed by atoms with E-state index in [0.29, 0.717) is 16.1 Å². The SMILES string of the molecule is COc1ccc(C(O)c2cc(C)c(C)cc2Cl)cc1F. The summed E-state index contributed by atoms with van der Waals surface area (Å²) in [5.74, 6) is -0.365. The molecule has 1 unspecified atom stereocenters. The Morgan fingerprint density at radius 1 is 1.15 bits per heavy atom. The maximum absolute atomic E-state index is 13.7. The highest BCUT2D eigenvalue weighted by Gasteiger charge is 2.17. The van der Waals surface area contributed by atoms with E-state index in [2.05, 4.69) is 0 Å². The summed E-state index contributed by atoms with van der Waals surface area (Å²) in [6, 6.07) is 8.00. The van der Waals surface area contributed by atoms with E-state index < -0.39 is 11.9 Å². The molecule has 2 nitrogen and oxygen atoms in total. The molecule has 0 heterocycles. The van der Waals surface area contributed by atoms with E-state index in [9.17, 15) is 9.50 Å². The number of rotatable bonds is 3. The van der Waals surface area contributed by atoms with Gasteiger partial charge in [-0.1, -0.05) is 23.7 Å². The summed E-state index contributed by atoms with van der Waals surface area (Å²) in [5.41, 5.74) is 3.08. The average Bonchev–Trinajstić information content (AvgIpc) is 2.42. The van der Waals surface area contributed by atoms with Crippen LogP contribution in [0, 0.1) is 19.7 Å². The first-order chi connectivity index (χ1) is 9.43. The number of methoxy groups -OCH3 is 1. The van der Waals surface area contributed by atoms with Gasteiger partial charge in [-0.2, -0.15) is 0 Å². The van der Waals surface area contributed by atoms with Gasteiger partial charge in [-0.3, -0.25) is 0 Å². The van der Waals surface area contributed by atoms with Gasteiger partial charge in [0.25, 0.3) is 0 Å². The fourth-order valence-corrected chi connectivity index (χ4v) is 2.37. The first kappa shape index (κ1) is 14.8. The van der Waals surface area contributed by atoms with Crippen molar-refractivity contribution in [2.45, 2.75) is 20.0 Å². The molecule has 0 amide bonds. The van der Waals surface area contributed by atoms with E-state index in [1.807, 2.05) is 19.9 Å². The van der Waals surface area contributed by atoms with Crippen molar-refractivity contribution in [2.24, 2.45) is 0 Å². The highest BCUT2D eigenvalue weighted by Crippen LogP contribution is 2.32. The molecule has 1 N–H and O–H groups in total. The molecule has 0 radical (unpaired) electrons. The minimum absolute atomic E-state index is 0.145. The number of benzene rings is 2. The third-order valence-corrected chi connectivity index (χ3v) is 3.73. The quantitative estimate of drug-likeness (QED) is 0.920. The smallest absolute Gasteiger partial charge is 0.165 e. The second-order valence-electron chi connectivity index (χ2n) is 4.75. The van der Waals surface area contributed by atoms with Gasteiger partial charge in [0.05, 0.1) is 7.11 Å². The highest BCUT2D eigenvalue weighted by molar-refractivity contribution is 6.31. The molecular weight excluding hydrogens is 279 g/mol. The first-order valence-corrected chi connectivity index (χ1v) is 6.60. The van der Waals surface area contributed by atoms with E-state index in [1.54, 1.807) is 12.1 Å². The lowest BCUT2D eigenvalue weighted by Crippen LogP contribution is -2.03. The monoisotopic (exact) mass is 294 g/mol. The summed E-state index contributed by atoms with van der Waals surface area (Å²) in [5, 5.41) is 10.9. The van der Waals surface area contributed by atoms with Crippen LogP contribution in [0.5, 0.6) is 5.75 Å². The third kappa shape index (κ3) is 2.79. The normalized spacial score (nSPS) is 12.3. The second kappa shape index (κ2) is 5.81. The lowest BCUT2D eigenvalue weighted by molar-refractivity contribution is 0.219. The van der Waals surface area contributed by atoms with E-state index in [-0.39, 0.29) is 5.75 Å². The number of aliphatic hydroxyl groups excluding tert-OH is 1. The van der Waals surface area contributed by atoms with E-state index in [4.69, 9.17) is 16.3 Å². The van der Waals surface area contributed by atoms with Crippen LogP contribution in [0.2, 0.25) is 5.02 Å². The molecule has 2 aromatic rings. The van der Waals surface area contributed by atoms with Crippen LogP contribution in [-0.2, 0) is 0 Å². The summed E-state index contributed by atoms with van der Waals surface area (Å²) in [7, 11) is 1.40. The first-order valence-electron chi connectivity index (χ1n) is 6.22. The Balaban J connectivity index is 2.43. The predicted octanol–water partition coefficient (Wildman–Crippen LogP) is 4.19. The van der Waals surface area contributed by atoms with E-state index in [0.717, 1.165) is 11.1 Å². The van der Waals surface area contributed by atoms with Gasteiger partial charge in [-0.05, 0) is 48.7 Å². The van der Waals surface area contributed by atoms with E-state index >= 15 is 0 Å². The van der Waals surface area contributed by atoms with Gasteiger partial charge in [0.1, 0.15) is 6.10 Å². The molecule has 4 heteroatoms. The average molecular weight is 295 g/mol. The fraction of sp³-hybridized carbons (Fsp3) is 0.250. The Morgan fingerprint density at radius 2 is 1.80 bits per heavy atom. The highest BCUT2D eigenvalue weighted by atomic mass is 35.5. The zero-order chi connectivity index (χ0) is 14.9. The zero-order valence-electron chi connectivity index (χ0n) is 11.6. The van der Waals surface area contributed by atoms with Crippen molar-refractivity contribution in [3.8, 4) is 5.75 Å². The van der Waals surface area contributed by atoms with Crippen molar-refractivity contribution in [3.63, 3.8) is 0 Å². The van der Waals surface area contributed by atoms with E-state index in [1.165, 1.54) is 19.2 Å². The van der Waals surface area contributed by atoms with Crippen LogP contribution in [-0.4, -0.2) is 12.2 Å². The summed E-state index contributed by atoms with van der Waals surface area (Å²) in [4.78, 5) is 0. The van der Waals surface area contributed by atoms with Gasteiger partial charge in [-0.15, -0.1) is 0 Å². The predicted molar refractivity (Wildman–Crippen MR) is 77.9 cm³/mol. The van der Waals surface area contributed by atoms with Crippen LogP contribution in [0.1, 0.15) is 28.4 Å². The molecule has 0 fully saturated rings. The molecule has 0 bridgehead atoms. The van der Waals surface area contributed by atoms with Crippen LogP contribution in [0.15, 0.2) is 30.3 Å². The van der Waals surface area contributed by atoms with Crippen molar-refractivity contribution >= 4 is 11.6 Å². The summed E-state index contributed by atoms with van der Waals surface area (Å²) >= 11 is 6.17. The van der Waals surface area contributed by atoms with Gasteiger partial charge in [0.2, 0.25) is 0 Å². The van der Waals surface area contributed by atoms with Gasteiger partial charge in [-0.25, -0.2) is 4.39 Å². The lowest BCUT2D eigenvalue weighted by atomic mass is 9.97. The Kier molecular flexibility index (Phi) is 4.31. The van der Waals surface area contributed by atoms with Crippen LogP contribution in [0.25, 0.3) is 0 Å². The Morgan fingerprint density at radius 3 is 2.40 bits per heavy atom. The maximum atomic E-state index is 13.7. The number of aliphatic hydroxyl groups is 1. The van der Waals surface area contributed by atoms with Gasteiger partial charge < -0.3 is 9.84 Å². The van der Waals surface area contributed by atoms with Crippen molar-refractivity contribution < 1.29 is 14.2 Å². The van der Waals surface area contributed by atoms with Gasteiger partial charge >= 0.3 is 0 Å². The molecule has 106 valence electrons. The minimum Gasteiger partial charge on any atom is -0.494 e. The maximum Gasteiger partial charge on any atom is 0.165 e. The molecule has 0 aliphatic rings. The van der Waals surface area contributed by atoms with Crippen molar-refractivity contribution in [1.29, 1.82) is 0 Å². The molecular formula is C16H16ClFO2. The van der Waals surface area contributed by atoms with Gasteiger partial charge in [0, 0.05) is 10.6 Å². The number of hydrogen-bond donors (Lipinski definition) is 1. The molecule has 0 aromatic heterocycles. The minimum atomic E-state index is -0.970. The largest absolute Gasteiger partial charge is 0.494 e. The van der Waals surface area contributed by atoms with Crippen LogP contribution < -0.4 is 4.74 Å². The second-order valence-corrected chi connectivity index (χ2v) is 5.16. The Hall–Kier alpha value is -1.58. The third-order valence-electron chi connectivity index (χ3n) is 3.40.